The monoisotopic (exact) mass is 277 g/mol. The molecule has 4 heteroatoms. The third-order valence-corrected chi connectivity index (χ3v) is 3.73. The van der Waals surface area contributed by atoms with E-state index in [1.54, 1.807) is 11.8 Å². The Morgan fingerprint density at radius 2 is 2.00 bits per heavy atom. The van der Waals surface area contributed by atoms with Crippen LogP contribution in [0.25, 0.3) is 0 Å². The molecule has 16 heavy (non-hydrogen) atoms. The summed E-state index contributed by atoms with van der Waals surface area (Å²) in [6.07, 6.45) is 0. The molecule has 0 spiro atoms. The Morgan fingerprint density at radius 3 is 2.62 bits per heavy atom. The van der Waals surface area contributed by atoms with Gasteiger partial charge in [-0.1, -0.05) is 37.0 Å². The van der Waals surface area contributed by atoms with Gasteiger partial charge in [0.25, 0.3) is 0 Å². The number of hydrogen-bond acceptors (Lipinski definition) is 2. The maximum atomic E-state index is 5.93. The molecular weight excluding hydrogens is 261 g/mol. The predicted molar refractivity (Wildman–Crippen MR) is 74.9 cm³/mol. The van der Waals surface area contributed by atoms with E-state index in [0.717, 1.165) is 18.8 Å². The quantitative estimate of drug-likeness (QED) is 0.614. The average Bonchev–Trinajstić information content (AvgIpc) is 2.22. The zero-order chi connectivity index (χ0) is 12.0. The SMILES string of the molecule is CC(C)CNCCSc1ccc(Cl)c(Cl)c1. The van der Waals surface area contributed by atoms with Crippen molar-refractivity contribution in [1.29, 1.82) is 0 Å². The van der Waals surface area contributed by atoms with Crippen molar-refractivity contribution in [3.8, 4) is 0 Å². The van der Waals surface area contributed by atoms with E-state index in [1.165, 1.54) is 4.90 Å². The van der Waals surface area contributed by atoms with Gasteiger partial charge in [0.15, 0.2) is 0 Å². The molecule has 0 fully saturated rings. The van der Waals surface area contributed by atoms with Crippen LogP contribution < -0.4 is 5.32 Å². The highest BCUT2D eigenvalue weighted by atomic mass is 35.5. The van der Waals surface area contributed by atoms with Crippen LogP contribution in [-0.4, -0.2) is 18.8 Å². The molecule has 1 N–H and O–H groups in total. The maximum absolute atomic E-state index is 5.93. The second kappa shape index (κ2) is 7.44. The highest BCUT2D eigenvalue weighted by Crippen LogP contribution is 2.27. The van der Waals surface area contributed by atoms with Crippen LogP contribution in [0.1, 0.15) is 13.8 Å². The predicted octanol–water partition coefficient (Wildman–Crippen LogP) is 4.33. The summed E-state index contributed by atoms with van der Waals surface area (Å²) in [6.45, 7) is 6.50. The van der Waals surface area contributed by atoms with Gasteiger partial charge in [0.1, 0.15) is 0 Å². The Labute approximate surface area is 112 Å². The molecular formula is C12H17Cl2NS. The molecule has 0 atom stereocenters. The van der Waals surface area contributed by atoms with Crippen molar-refractivity contribution >= 4 is 35.0 Å². The summed E-state index contributed by atoms with van der Waals surface area (Å²) < 4.78 is 0. The van der Waals surface area contributed by atoms with Crippen molar-refractivity contribution in [2.75, 3.05) is 18.8 Å². The third-order valence-electron chi connectivity index (χ3n) is 1.99. The van der Waals surface area contributed by atoms with Gasteiger partial charge in [-0.2, -0.15) is 0 Å². The minimum absolute atomic E-state index is 0.615. The number of nitrogens with one attached hydrogen (secondary N) is 1. The molecule has 0 heterocycles. The van der Waals surface area contributed by atoms with Crippen molar-refractivity contribution in [3.63, 3.8) is 0 Å². The van der Waals surface area contributed by atoms with Crippen molar-refractivity contribution in [1.82, 2.24) is 5.32 Å². The van der Waals surface area contributed by atoms with Crippen molar-refractivity contribution < 1.29 is 0 Å². The Morgan fingerprint density at radius 1 is 1.25 bits per heavy atom. The molecule has 1 nitrogen and oxygen atoms in total. The lowest BCUT2D eigenvalue weighted by Gasteiger charge is -2.07. The summed E-state index contributed by atoms with van der Waals surface area (Å²) in [6, 6.07) is 5.76. The minimum Gasteiger partial charge on any atom is -0.316 e. The van der Waals surface area contributed by atoms with Gasteiger partial charge < -0.3 is 5.32 Å². The zero-order valence-electron chi connectivity index (χ0n) is 9.59. The Kier molecular flexibility index (Phi) is 6.59. The first kappa shape index (κ1) is 14.2. The van der Waals surface area contributed by atoms with Crippen molar-refractivity contribution in [2.24, 2.45) is 5.92 Å². The van der Waals surface area contributed by atoms with Gasteiger partial charge in [0.05, 0.1) is 10.0 Å². The number of benzene rings is 1. The van der Waals surface area contributed by atoms with Crippen LogP contribution in [-0.2, 0) is 0 Å². The van der Waals surface area contributed by atoms with Gasteiger partial charge >= 0.3 is 0 Å². The van der Waals surface area contributed by atoms with Gasteiger partial charge in [0, 0.05) is 17.2 Å². The van der Waals surface area contributed by atoms with Crippen LogP contribution in [0.5, 0.6) is 0 Å². The Balaban J connectivity index is 2.24. The van der Waals surface area contributed by atoms with Crippen LogP contribution in [0.4, 0.5) is 0 Å². The van der Waals surface area contributed by atoms with E-state index in [2.05, 4.69) is 19.2 Å². The molecule has 0 aliphatic rings. The molecule has 0 saturated carbocycles. The van der Waals surface area contributed by atoms with E-state index >= 15 is 0 Å². The molecule has 0 aliphatic heterocycles. The number of halogens is 2. The van der Waals surface area contributed by atoms with Gasteiger partial charge in [-0.15, -0.1) is 11.8 Å². The summed E-state index contributed by atoms with van der Waals surface area (Å²) >= 11 is 13.6. The summed E-state index contributed by atoms with van der Waals surface area (Å²) in [5, 5.41) is 4.64. The number of thioether (sulfide) groups is 1. The van der Waals surface area contributed by atoms with Gasteiger partial charge in [-0.05, 0) is 30.7 Å². The first-order valence-corrected chi connectivity index (χ1v) is 7.12. The topological polar surface area (TPSA) is 12.0 Å². The molecule has 0 radical (unpaired) electrons. The van der Waals surface area contributed by atoms with Crippen LogP contribution in [0.15, 0.2) is 23.1 Å². The molecule has 0 aliphatic carbocycles. The normalized spacial score (nSPS) is 11.1. The molecule has 90 valence electrons. The van der Waals surface area contributed by atoms with Gasteiger partial charge in [-0.3, -0.25) is 0 Å². The smallest absolute Gasteiger partial charge is 0.0603 e. The van der Waals surface area contributed by atoms with E-state index in [-0.39, 0.29) is 0 Å². The molecule has 0 aromatic heterocycles. The van der Waals surface area contributed by atoms with E-state index in [4.69, 9.17) is 23.2 Å². The van der Waals surface area contributed by atoms with Crippen LogP contribution in [0.2, 0.25) is 10.0 Å². The van der Waals surface area contributed by atoms with Crippen molar-refractivity contribution in [3.05, 3.63) is 28.2 Å². The lowest BCUT2D eigenvalue weighted by molar-refractivity contribution is 0.568. The summed E-state index contributed by atoms with van der Waals surface area (Å²) in [4.78, 5) is 1.17. The summed E-state index contributed by atoms with van der Waals surface area (Å²) in [7, 11) is 0. The van der Waals surface area contributed by atoms with Crippen LogP contribution in [0, 0.1) is 5.92 Å². The van der Waals surface area contributed by atoms with Crippen LogP contribution >= 0.6 is 35.0 Å². The Hall–Kier alpha value is 0.110. The molecule has 1 aromatic rings. The first-order chi connectivity index (χ1) is 7.59. The number of hydrogen-bond donors (Lipinski definition) is 1. The molecule has 0 bridgehead atoms. The summed E-state index contributed by atoms with van der Waals surface area (Å²) in [5.41, 5.74) is 0. The van der Waals surface area contributed by atoms with E-state index in [0.29, 0.717) is 16.0 Å². The lowest BCUT2D eigenvalue weighted by Crippen LogP contribution is -2.22. The zero-order valence-corrected chi connectivity index (χ0v) is 11.9. The van der Waals surface area contributed by atoms with E-state index in [1.807, 2.05) is 18.2 Å². The fourth-order valence-corrected chi connectivity index (χ4v) is 2.41. The van der Waals surface area contributed by atoms with Gasteiger partial charge in [-0.25, -0.2) is 0 Å². The van der Waals surface area contributed by atoms with E-state index < -0.39 is 0 Å². The third kappa shape index (κ3) is 5.44. The highest BCUT2D eigenvalue weighted by Gasteiger charge is 2.00. The fourth-order valence-electron chi connectivity index (χ4n) is 1.20. The number of rotatable bonds is 6. The highest BCUT2D eigenvalue weighted by molar-refractivity contribution is 7.99. The van der Waals surface area contributed by atoms with Crippen molar-refractivity contribution in [2.45, 2.75) is 18.7 Å². The average molecular weight is 278 g/mol. The fraction of sp³-hybridized carbons (Fsp3) is 0.500. The standard InChI is InChI=1S/C12H17Cl2NS/c1-9(2)8-15-5-6-16-10-3-4-11(13)12(14)7-10/h3-4,7,9,15H,5-6,8H2,1-2H3. The first-order valence-electron chi connectivity index (χ1n) is 5.38. The maximum Gasteiger partial charge on any atom is 0.0603 e. The second-order valence-corrected chi connectivity index (χ2v) is 6.01. The molecule has 1 aromatic carbocycles. The molecule has 0 unspecified atom stereocenters. The van der Waals surface area contributed by atoms with E-state index in [9.17, 15) is 0 Å². The van der Waals surface area contributed by atoms with Gasteiger partial charge in [0.2, 0.25) is 0 Å². The molecule has 0 saturated heterocycles. The molecule has 1 rings (SSSR count). The summed E-state index contributed by atoms with van der Waals surface area (Å²) in [5.74, 6) is 1.75. The minimum atomic E-state index is 0.615. The Bertz CT molecular complexity index is 329. The van der Waals surface area contributed by atoms with Crippen LogP contribution in [0.3, 0.4) is 0 Å². The lowest BCUT2D eigenvalue weighted by atomic mass is 10.2. The largest absolute Gasteiger partial charge is 0.316 e. The second-order valence-electron chi connectivity index (χ2n) is 4.02. The molecule has 0 amide bonds.